The first-order chi connectivity index (χ1) is 14.8. The Kier molecular flexibility index (Phi) is 7.20. The SMILES string of the molecule is CN=C(NCCCc1nnc2ccccn12)NCC1(N2CCCCC2)CCCCC1. The zero-order chi connectivity index (χ0) is 20.7. The predicted molar refractivity (Wildman–Crippen MR) is 122 cm³/mol. The van der Waals surface area contributed by atoms with Crippen LogP contribution in [0.1, 0.15) is 63.6 Å². The third-order valence-corrected chi connectivity index (χ3v) is 6.87. The quantitative estimate of drug-likeness (QED) is 0.416. The van der Waals surface area contributed by atoms with Crippen LogP contribution in [0.15, 0.2) is 29.4 Å². The van der Waals surface area contributed by atoms with E-state index in [0.29, 0.717) is 5.54 Å². The number of nitrogens with zero attached hydrogens (tertiary/aromatic N) is 5. The topological polar surface area (TPSA) is 69.8 Å². The summed E-state index contributed by atoms with van der Waals surface area (Å²) in [5, 5.41) is 15.7. The molecule has 7 nitrogen and oxygen atoms in total. The number of aromatic nitrogens is 3. The molecule has 0 bridgehead atoms. The first-order valence-corrected chi connectivity index (χ1v) is 11.8. The van der Waals surface area contributed by atoms with Crippen molar-refractivity contribution in [1.29, 1.82) is 0 Å². The van der Waals surface area contributed by atoms with Crippen molar-refractivity contribution >= 4 is 11.6 Å². The van der Waals surface area contributed by atoms with E-state index in [9.17, 15) is 0 Å². The molecule has 0 amide bonds. The lowest BCUT2D eigenvalue weighted by molar-refractivity contribution is 0.0368. The predicted octanol–water partition coefficient (Wildman–Crippen LogP) is 3.02. The van der Waals surface area contributed by atoms with Crippen LogP contribution in [0.25, 0.3) is 5.65 Å². The van der Waals surface area contributed by atoms with E-state index in [2.05, 4.69) is 35.1 Å². The number of aliphatic imine (C=N–C) groups is 1. The van der Waals surface area contributed by atoms with Crippen LogP contribution in [0.4, 0.5) is 0 Å². The first kappa shape index (κ1) is 21.1. The summed E-state index contributed by atoms with van der Waals surface area (Å²) in [6, 6.07) is 6.01. The van der Waals surface area contributed by atoms with E-state index in [1.165, 1.54) is 64.5 Å². The summed E-state index contributed by atoms with van der Waals surface area (Å²) in [6.07, 6.45) is 14.8. The minimum atomic E-state index is 0.316. The summed E-state index contributed by atoms with van der Waals surface area (Å²) in [5.41, 5.74) is 1.23. The Hall–Kier alpha value is -2.15. The van der Waals surface area contributed by atoms with Gasteiger partial charge in [0, 0.05) is 38.3 Å². The molecule has 2 N–H and O–H groups in total. The van der Waals surface area contributed by atoms with Gasteiger partial charge in [0.2, 0.25) is 0 Å². The average molecular weight is 412 g/mol. The van der Waals surface area contributed by atoms with Gasteiger partial charge in [-0.05, 0) is 57.3 Å². The Balaban J connectivity index is 1.26. The van der Waals surface area contributed by atoms with E-state index in [-0.39, 0.29) is 0 Å². The average Bonchev–Trinajstić information content (AvgIpc) is 3.23. The Morgan fingerprint density at radius 2 is 1.83 bits per heavy atom. The van der Waals surface area contributed by atoms with Crippen LogP contribution in [-0.4, -0.2) is 64.2 Å². The smallest absolute Gasteiger partial charge is 0.191 e. The lowest BCUT2D eigenvalue weighted by atomic mass is 9.79. The van der Waals surface area contributed by atoms with Crippen LogP contribution < -0.4 is 10.6 Å². The molecule has 0 radical (unpaired) electrons. The summed E-state index contributed by atoms with van der Waals surface area (Å²) in [6.45, 7) is 4.40. The fraction of sp³-hybridized carbons (Fsp3) is 0.696. The molecule has 1 aliphatic heterocycles. The molecule has 164 valence electrons. The summed E-state index contributed by atoms with van der Waals surface area (Å²) in [7, 11) is 1.87. The number of likely N-dealkylation sites (tertiary alicyclic amines) is 1. The Morgan fingerprint density at radius 3 is 2.63 bits per heavy atom. The summed E-state index contributed by atoms with van der Waals surface area (Å²) in [4.78, 5) is 7.26. The van der Waals surface area contributed by atoms with Crippen molar-refractivity contribution in [2.24, 2.45) is 4.99 Å². The van der Waals surface area contributed by atoms with E-state index in [1.807, 2.05) is 31.4 Å². The van der Waals surface area contributed by atoms with Crippen molar-refractivity contribution in [1.82, 2.24) is 30.1 Å². The van der Waals surface area contributed by atoms with Crippen LogP contribution in [-0.2, 0) is 6.42 Å². The van der Waals surface area contributed by atoms with Crippen molar-refractivity contribution in [2.45, 2.75) is 69.7 Å². The fourth-order valence-corrected chi connectivity index (χ4v) is 5.17. The van der Waals surface area contributed by atoms with Crippen molar-refractivity contribution in [3.8, 4) is 0 Å². The number of hydrogen-bond acceptors (Lipinski definition) is 4. The van der Waals surface area contributed by atoms with Gasteiger partial charge in [-0.2, -0.15) is 0 Å². The highest BCUT2D eigenvalue weighted by Crippen LogP contribution is 2.35. The van der Waals surface area contributed by atoms with Crippen molar-refractivity contribution in [2.75, 3.05) is 33.2 Å². The van der Waals surface area contributed by atoms with Crippen molar-refractivity contribution < 1.29 is 0 Å². The van der Waals surface area contributed by atoms with E-state index in [0.717, 1.165) is 43.4 Å². The molecule has 1 saturated heterocycles. The number of guanidine groups is 1. The van der Waals surface area contributed by atoms with Crippen molar-refractivity contribution in [3.63, 3.8) is 0 Å². The van der Waals surface area contributed by atoms with Crippen LogP contribution >= 0.6 is 0 Å². The standard InChI is InChI=1S/C23H37N7/c1-24-22(25-15-10-12-21-28-27-20-11-4-9-18-30(20)21)26-19-23(13-5-2-6-14-23)29-16-7-3-8-17-29/h4,9,11,18H,2-3,5-8,10,12-17,19H2,1H3,(H2,24,25,26). The number of piperidine rings is 1. The van der Waals surface area contributed by atoms with E-state index < -0.39 is 0 Å². The highest BCUT2D eigenvalue weighted by atomic mass is 15.3. The monoisotopic (exact) mass is 411 g/mol. The van der Waals surface area contributed by atoms with Gasteiger partial charge in [0.1, 0.15) is 5.82 Å². The van der Waals surface area contributed by atoms with Crippen LogP contribution in [0.2, 0.25) is 0 Å². The first-order valence-electron chi connectivity index (χ1n) is 11.8. The molecule has 3 heterocycles. The molecular weight excluding hydrogens is 374 g/mol. The zero-order valence-electron chi connectivity index (χ0n) is 18.4. The van der Waals surface area contributed by atoms with Crippen LogP contribution in [0.5, 0.6) is 0 Å². The molecule has 0 aromatic carbocycles. The second-order valence-corrected chi connectivity index (χ2v) is 8.83. The molecule has 0 spiro atoms. The molecule has 2 fully saturated rings. The summed E-state index contributed by atoms with van der Waals surface area (Å²) < 4.78 is 2.07. The van der Waals surface area contributed by atoms with Crippen LogP contribution in [0, 0.1) is 0 Å². The fourth-order valence-electron chi connectivity index (χ4n) is 5.17. The summed E-state index contributed by atoms with van der Waals surface area (Å²) >= 11 is 0. The molecule has 1 aliphatic carbocycles. The van der Waals surface area contributed by atoms with E-state index >= 15 is 0 Å². The number of pyridine rings is 1. The minimum absolute atomic E-state index is 0.316. The molecular formula is C23H37N7. The molecule has 7 heteroatoms. The molecule has 0 unspecified atom stereocenters. The lowest BCUT2D eigenvalue weighted by Gasteiger charge is -2.48. The van der Waals surface area contributed by atoms with Gasteiger partial charge in [-0.1, -0.05) is 31.7 Å². The molecule has 4 rings (SSSR count). The second-order valence-electron chi connectivity index (χ2n) is 8.83. The second kappa shape index (κ2) is 10.2. The number of hydrogen-bond donors (Lipinski definition) is 2. The largest absolute Gasteiger partial charge is 0.356 e. The third kappa shape index (κ3) is 4.94. The zero-order valence-corrected chi connectivity index (χ0v) is 18.4. The van der Waals surface area contributed by atoms with Gasteiger partial charge in [0.25, 0.3) is 0 Å². The number of rotatable bonds is 7. The van der Waals surface area contributed by atoms with Gasteiger partial charge in [0.05, 0.1) is 0 Å². The molecule has 30 heavy (non-hydrogen) atoms. The van der Waals surface area contributed by atoms with Gasteiger partial charge >= 0.3 is 0 Å². The van der Waals surface area contributed by atoms with Gasteiger partial charge < -0.3 is 10.6 Å². The lowest BCUT2D eigenvalue weighted by Crippen LogP contribution is -2.59. The van der Waals surface area contributed by atoms with Gasteiger partial charge in [0.15, 0.2) is 11.6 Å². The van der Waals surface area contributed by atoms with E-state index in [1.54, 1.807) is 0 Å². The van der Waals surface area contributed by atoms with E-state index in [4.69, 9.17) is 0 Å². The normalized spacial score (nSPS) is 20.4. The number of nitrogens with one attached hydrogen (secondary N) is 2. The Bertz CT molecular complexity index is 816. The van der Waals surface area contributed by atoms with Gasteiger partial charge in [-0.3, -0.25) is 14.3 Å². The third-order valence-electron chi connectivity index (χ3n) is 6.87. The summed E-state index contributed by atoms with van der Waals surface area (Å²) in [5.74, 6) is 1.93. The molecule has 0 atom stereocenters. The number of aryl methyl sites for hydroxylation is 1. The molecule has 2 aliphatic rings. The van der Waals surface area contributed by atoms with Crippen LogP contribution in [0.3, 0.4) is 0 Å². The highest BCUT2D eigenvalue weighted by molar-refractivity contribution is 5.79. The van der Waals surface area contributed by atoms with Gasteiger partial charge in [-0.25, -0.2) is 0 Å². The molecule has 1 saturated carbocycles. The molecule has 2 aromatic rings. The van der Waals surface area contributed by atoms with Crippen molar-refractivity contribution in [3.05, 3.63) is 30.2 Å². The maximum absolute atomic E-state index is 4.48. The van der Waals surface area contributed by atoms with Gasteiger partial charge in [-0.15, -0.1) is 10.2 Å². The Labute approximate surface area is 180 Å². The maximum atomic E-state index is 4.48. The minimum Gasteiger partial charge on any atom is -0.356 e. The number of fused-ring (bicyclic) bond motifs is 1. The Morgan fingerprint density at radius 1 is 1.03 bits per heavy atom. The molecule has 2 aromatic heterocycles. The maximum Gasteiger partial charge on any atom is 0.191 e. The highest BCUT2D eigenvalue weighted by Gasteiger charge is 2.38.